The molecule has 1 aliphatic heterocycles. The average molecular weight is 284 g/mol. The molecule has 2 aromatic heterocycles. The van der Waals surface area contributed by atoms with Crippen LogP contribution in [0.25, 0.3) is 5.65 Å². The standard InChI is InChI=1S/C13H15F3N4/c1-8-6-11(13(14,15)16)20-12(18-8)7-10(19-20)9-2-4-17-5-3-9/h6-7,9,17H,2-5H2,1H3. The Labute approximate surface area is 114 Å². The molecule has 3 rings (SSSR count). The fraction of sp³-hybridized carbons (Fsp3) is 0.538. The van der Waals surface area contributed by atoms with Crippen molar-refractivity contribution in [3.05, 3.63) is 29.2 Å². The van der Waals surface area contributed by atoms with Crippen molar-refractivity contribution in [3.63, 3.8) is 0 Å². The van der Waals surface area contributed by atoms with Gasteiger partial charge in [0.05, 0.1) is 5.69 Å². The van der Waals surface area contributed by atoms with E-state index >= 15 is 0 Å². The highest BCUT2D eigenvalue weighted by Gasteiger charge is 2.35. The topological polar surface area (TPSA) is 42.2 Å². The molecular formula is C13H15F3N4. The van der Waals surface area contributed by atoms with Crippen LogP contribution in [0.15, 0.2) is 12.1 Å². The predicted molar refractivity (Wildman–Crippen MR) is 67.6 cm³/mol. The third kappa shape index (κ3) is 2.37. The van der Waals surface area contributed by atoms with E-state index in [1.54, 1.807) is 13.0 Å². The number of aryl methyl sites for hydroxylation is 1. The number of aromatic nitrogens is 3. The maximum Gasteiger partial charge on any atom is 0.433 e. The molecule has 0 amide bonds. The largest absolute Gasteiger partial charge is 0.433 e. The second kappa shape index (κ2) is 4.73. The fourth-order valence-electron chi connectivity index (χ4n) is 2.64. The lowest BCUT2D eigenvalue weighted by molar-refractivity contribution is -0.142. The van der Waals surface area contributed by atoms with E-state index in [2.05, 4.69) is 15.4 Å². The van der Waals surface area contributed by atoms with Crippen LogP contribution in [-0.4, -0.2) is 27.7 Å². The lowest BCUT2D eigenvalue weighted by Crippen LogP contribution is -2.26. The summed E-state index contributed by atoms with van der Waals surface area (Å²) in [5.74, 6) is 0.208. The number of hydrogen-bond acceptors (Lipinski definition) is 3. The van der Waals surface area contributed by atoms with Crippen molar-refractivity contribution in [2.45, 2.75) is 31.9 Å². The Hall–Kier alpha value is -1.63. The number of piperidine rings is 1. The molecule has 0 atom stereocenters. The zero-order valence-corrected chi connectivity index (χ0v) is 11.0. The fourth-order valence-corrected chi connectivity index (χ4v) is 2.64. The number of fused-ring (bicyclic) bond motifs is 1. The zero-order chi connectivity index (χ0) is 14.3. The molecule has 1 aliphatic rings. The van der Waals surface area contributed by atoms with Crippen LogP contribution in [0.2, 0.25) is 0 Å². The molecule has 0 bridgehead atoms. The highest BCUT2D eigenvalue weighted by atomic mass is 19.4. The summed E-state index contributed by atoms with van der Waals surface area (Å²) in [4.78, 5) is 4.15. The predicted octanol–water partition coefficient (Wildman–Crippen LogP) is 2.52. The summed E-state index contributed by atoms with van der Waals surface area (Å²) in [6, 6.07) is 2.71. The summed E-state index contributed by atoms with van der Waals surface area (Å²) in [6.45, 7) is 3.31. The summed E-state index contributed by atoms with van der Waals surface area (Å²) in [7, 11) is 0. The van der Waals surface area contributed by atoms with E-state index < -0.39 is 11.9 Å². The van der Waals surface area contributed by atoms with E-state index in [-0.39, 0.29) is 11.6 Å². The van der Waals surface area contributed by atoms with Crippen LogP contribution in [0, 0.1) is 6.92 Å². The van der Waals surface area contributed by atoms with Gasteiger partial charge in [-0.25, -0.2) is 9.50 Å². The highest BCUT2D eigenvalue weighted by Crippen LogP contribution is 2.31. The van der Waals surface area contributed by atoms with Gasteiger partial charge >= 0.3 is 6.18 Å². The molecule has 20 heavy (non-hydrogen) atoms. The number of hydrogen-bond donors (Lipinski definition) is 1. The highest BCUT2D eigenvalue weighted by molar-refractivity contribution is 5.43. The normalized spacial score (nSPS) is 17.8. The smallest absolute Gasteiger partial charge is 0.317 e. The Morgan fingerprint density at radius 1 is 1.25 bits per heavy atom. The third-order valence-corrected chi connectivity index (χ3v) is 3.62. The van der Waals surface area contributed by atoms with Gasteiger partial charge in [-0.3, -0.25) is 0 Å². The van der Waals surface area contributed by atoms with E-state index in [1.165, 1.54) is 0 Å². The van der Waals surface area contributed by atoms with Crippen molar-refractivity contribution in [1.29, 1.82) is 0 Å². The minimum absolute atomic E-state index is 0.208. The van der Waals surface area contributed by atoms with Crippen LogP contribution in [0.3, 0.4) is 0 Å². The number of nitrogens with one attached hydrogen (secondary N) is 1. The van der Waals surface area contributed by atoms with Gasteiger partial charge in [0.25, 0.3) is 0 Å². The Kier molecular flexibility index (Phi) is 3.16. The van der Waals surface area contributed by atoms with Crippen LogP contribution in [0.1, 0.15) is 35.8 Å². The molecule has 0 aromatic carbocycles. The van der Waals surface area contributed by atoms with E-state index in [1.807, 2.05) is 0 Å². The SMILES string of the molecule is Cc1cc(C(F)(F)F)n2nc(C3CCNCC3)cc2n1. The second-order valence-electron chi connectivity index (χ2n) is 5.14. The Bertz CT molecular complexity index is 626. The van der Waals surface area contributed by atoms with Crippen molar-refractivity contribution in [1.82, 2.24) is 19.9 Å². The maximum absolute atomic E-state index is 13.1. The molecular weight excluding hydrogens is 269 g/mol. The molecule has 0 radical (unpaired) electrons. The van der Waals surface area contributed by atoms with Gasteiger partial charge < -0.3 is 5.32 Å². The lowest BCUT2D eigenvalue weighted by Gasteiger charge is -2.20. The van der Waals surface area contributed by atoms with Crippen molar-refractivity contribution >= 4 is 5.65 Å². The number of rotatable bonds is 1. The van der Waals surface area contributed by atoms with Crippen LogP contribution >= 0.6 is 0 Å². The third-order valence-electron chi connectivity index (χ3n) is 3.62. The first-order chi connectivity index (χ1) is 9.45. The molecule has 7 heteroatoms. The van der Waals surface area contributed by atoms with Crippen molar-refractivity contribution in [3.8, 4) is 0 Å². The van der Waals surface area contributed by atoms with Gasteiger partial charge in [0.15, 0.2) is 5.65 Å². The summed E-state index contributed by atoms with van der Waals surface area (Å²) in [6.07, 6.45) is -2.64. The summed E-state index contributed by atoms with van der Waals surface area (Å²) in [5, 5.41) is 7.38. The van der Waals surface area contributed by atoms with Crippen LogP contribution in [0.5, 0.6) is 0 Å². The van der Waals surface area contributed by atoms with Gasteiger partial charge in [0, 0.05) is 17.7 Å². The average Bonchev–Trinajstić information content (AvgIpc) is 2.81. The number of nitrogens with zero attached hydrogens (tertiary/aromatic N) is 3. The first-order valence-electron chi connectivity index (χ1n) is 6.60. The zero-order valence-electron chi connectivity index (χ0n) is 11.0. The monoisotopic (exact) mass is 284 g/mol. The molecule has 2 aromatic rings. The molecule has 1 fully saturated rings. The minimum atomic E-state index is -4.43. The molecule has 1 saturated heterocycles. The van der Waals surface area contributed by atoms with Crippen LogP contribution in [0.4, 0.5) is 13.2 Å². The van der Waals surface area contributed by atoms with Gasteiger partial charge in [-0.05, 0) is 38.9 Å². The molecule has 0 spiro atoms. The first-order valence-corrected chi connectivity index (χ1v) is 6.60. The Morgan fingerprint density at radius 3 is 2.60 bits per heavy atom. The lowest BCUT2D eigenvalue weighted by atomic mass is 9.95. The van der Waals surface area contributed by atoms with E-state index in [4.69, 9.17) is 0 Å². The molecule has 1 N–H and O–H groups in total. The van der Waals surface area contributed by atoms with Gasteiger partial charge in [0.1, 0.15) is 5.69 Å². The molecule has 108 valence electrons. The van der Waals surface area contributed by atoms with Gasteiger partial charge in [-0.1, -0.05) is 0 Å². The van der Waals surface area contributed by atoms with E-state index in [0.29, 0.717) is 11.4 Å². The number of alkyl halides is 3. The second-order valence-corrected chi connectivity index (χ2v) is 5.14. The minimum Gasteiger partial charge on any atom is -0.317 e. The van der Waals surface area contributed by atoms with Gasteiger partial charge in [0.2, 0.25) is 0 Å². The van der Waals surface area contributed by atoms with Gasteiger partial charge in [-0.15, -0.1) is 0 Å². The van der Waals surface area contributed by atoms with Crippen molar-refractivity contribution in [2.24, 2.45) is 0 Å². The Balaban J connectivity index is 2.10. The molecule has 0 saturated carbocycles. The molecule has 3 heterocycles. The first kappa shape index (κ1) is 13.4. The molecule has 4 nitrogen and oxygen atoms in total. The van der Waals surface area contributed by atoms with E-state index in [0.717, 1.165) is 36.5 Å². The summed E-state index contributed by atoms with van der Waals surface area (Å²) >= 11 is 0. The maximum atomic E-state index is 13.1. The van der Waals surface area contributed by atoms with E-state index in [9.17, 15) is 13.2 Å². The van der Waals surface area contributed by atoms with Crippen LogP contribution in [-0.2, 0) is 6.18 Å². The summed E-state index contributed by atoms with van der Waals surface area (Å²) < 4.78 is 40.1. The number of halogens is 3. The Morgan fingerprint density at radius 2 is 1.95 bits per heavy atom. The molecule has 0 unspecified atom stereocenters. The quantitative estimate of drug-likeness (QED) is 0.875. The van der Waals surface area contributed by atoms with Crippen LogP contribution < -0.4 is 5.32 Å². The summed E-state index contributed by atoms with van der Waals surface area (Å²) in [5.41, 5.74) is 0.558. The molecule has 0 aliphatic carbocycles. The van der Waals surface area contributed by atoms with Gasteiger partial charge in [-0.2, -0.15) is 18.3 Å². The van der Waals surface area contributed by atoms with Crippen molar-refractivity contribution in [2.75, 3.05) is 13.1 Å². The van der Waals surface area contributed by atoms with Crippen molar-refractivity contribution < 1.29 is 13.2 Å².